The van der Waals surface area contributed by atoms with Crippen LogP contribution in [0.15, 0.2) is 35.2 Å². The summed E-state index contributed by atoms with van der Waals surface area (Å²) < 4.78 is 52.3. The van der Waals surface area contributed by atoms with Crippen LogP contribution in [0.1, 0.15) is 17.1 Å². The van der Waals surface area contributed by atoms with E-state index in [-0.39, 0.29) is 11.6 Å². The summed E-state index contributed by atoms with van der Waals surface area (Å²) in [5.41, 5.74) is 4.07. The molecule has 0 atom stereocenters. The highest BCUT2D eigenvalue weighted by Crippen LogP contribution is 2.39. The van der Waals surface area contributed by atoms with Gasteiger partial charge in [-0.25, -0.2) is 4.98 Å². The van der Waals surface area contributed by atoms with Crippen LogP contribution in [0.25, 0.3) is 28.5 Å². The lowest BCUT2D eigenvalue weighted by Gasteiger charge is -2.11. The van der Waals surface area contributed by atoms with Crippen molar-refractivity contribution in [3.8, 4) is 34.3 Å². The van der Waals surface area contributed by atoms with E-state index in [1.807, 2.05) is 18.3 Å². The van der Waals surface area contributed by atoms with E-state index in [0.717, 1.165) is 22.5 Å². The van der Waals surface area contributed by atoms with Crippen LogP contribution < -0.4 is 4.74 Å². The van der Waals surface area contributed by atoms with Crippen LogP contribution in [-0.2, 0) is 19.6 Å². The molecular weight excluding hydrogens is 389 g/mol. The molecule has 11 heteroatoms. The van der Waals surface area contributed by atoms with Crippen molar-refractivity contribution in [2.75, 3.05) is 7.11 Å². The highest BCUT2D eigenvalue weighted by molar-refractivity contribution is 5.77. The van der Waals surface area contributed by atoms with Gasteiger partial charge in [-0.2, -0.15) is 23.3 Å². The number of aryl methyl sites for hydroxylation is 1. The standard InChI is InChI=1S/C18H13F3N6O2/c1-26-7-9-5-13-15(16-23-17(25-29-16)18(19,20)21)22-8-27(13)12-4-3-10(28-2)6-11(12)14(9)24-26/h3-4,6-8H,5H2,1-2H3. The fourth-order valence-corrected chi connectivity index (χ4v) is 3.48. The molecule has 8 nitrogen and oxygen atoms in total. The smallest absolute Gasteiger partial charge is 0.455 e. The lowest BCUT2D eigenvalue weighted by atomic mass is 10.0. The number of nitrogens with zero attached hydrogens (tertiary/aromatic N) is 6. The first-order valence-corrected chi connectivity index (χ1v) is 8.54. The summed E-state index contributed by atoms with van der Waals surface area (Å²) in [7, 11) is 3.38. The lowest BCUT2D eigenvalue weighted by molar-refractivity contribution is -0.146. The number of rotatable bonds is 2. The first kappa shape index (κ1) is 17.5. The van der Waals surface area contributed by atoms with Crippen molar-refractivity contribution in [2.24, 2.45) is 7.05 Å². The van der Waals surface area contributed by atoms with Crippen molar-refractivity contribution < 1.29 is 22.4 Å². The van der Waals surface area contributed by atoms with E-state index in [0.29, 0.717) is 17.9 Å². The van der Waals surface area contributed by atoms with Gasteiger partial charge in [0, 0.05) is 30.8 Å². The summed E-state index contributed by atoms with van der Waals surface area (Å²) in [6.45, 7) is 0. The lowest BCUT2D eigenvalue weighted by Crippen LogP contribution is -2.07. The minimum absolute atomic E-state index is 0.200. The quantitative estimate of drug-likeness (QED) is 0.451. The monoisotopic (exact) mass is 402 g/mol. The van der Waals surface area contributed by atoms with Gasteiger partial charge in [0.2, 0.25) is 0 Å². The molecule has 0 saturated heterocycles. The van der Waals surface area contributed by atoms with Crippen molar-refractivity contribution in [2.45, 2.75) is 12.6 Å². The summed E-state index contributed by atoms with van der Waals surface area (Å²) in [6.07, 6.45) is -0.934. The highest BCUT2D eigenvalue weighted by atomic mass is 19.4. The zero-order valence-corrected chi connectivity index (χ0v) is 15.2. The van der Waals surface area contributed by atoms with E-state index in [2.05, 4.69) is 20.2 Å². The van der Waals surface area contributed by atoms with Gasteiger partial charge in [0.1, 0.15) is 12.1 Å². The summed E-state index contributed by atoms with van der Waals surface area (Å²) in [6, 6.07) is 5.51. The zero-order valence-electron chi connectivity index (χ0n) is 15.2. The van der Waals surface area contributed by atoms with Crippen LogP contribution >= 0.6 is 0 Å². The molecule has 0 saturated carbocycles. The third-order valence-corrected chi connectivity index (χ3v) is 4.73. The Morgan fingerprint density at radius 3 is 2.76 bits per heavy atom. The Balaban J connectivity index is 1.72. The second-order valence-electron chi connectivity index (χ2n) is 6.57. The first-order chi connectivity index (χ1) is 13.8. The molecule has 5 rings (SSSR count). The number of methoxy groups -OCH3 is 1. The molecule has 0 spiro atoms. The van der Waals surface area contributed by atoms with E-state index in [4.69, 9.17) is 9.26 Å². The van der Waals surface area contributed by atoms with Crippen LogP contribution in [0.3, 0.4) is 0 Å². The van der Waals surface area contributed by atoms with E-state index < -0.39 is 12.0 Å². The average molecular weight is 402 g/mol. The molecule has 0 unspecified atom stereocenters. The Kier molecular flexibility index (Phi) is 3.57. The third kappa shape index (κ3) is 2.69. The number of imidazole rings is 1. The topological polar surface area (TPSA) is 83.8 Å². The largest absolute Gasteiger partial charge is 0.497 e. The Labute approximate surface area is 161 Å². The Morgan fingerprint density at radius 1 is 1.21 bits per heavy atom. The molecule has 0 N–H and O–H groups in total. The second-order valence-corrected chi connectivity index (χ2v) is 6.57. The maximum Gasteiger partial charge on any atom is 0.455 e. The predicted molar refractivity (Wildman–Crippen MR) is 93.4 cm³/mol. The van der Waals surface area contributed by atoms with E-state index in [9.17, 15) is 13.2 Å². The number of alkyl halides is 3. The van der Waals surface area contributed by atoms with Gasteiger partial charge in [0.25, 0.3) is 11.7 Å². The number of hydrogen-bond donors (Lipinski definition) is 0. The van der Waals surface area contributed by atoms with Gasteiger partial charge >= 0.3 is 6.18 Å². The Morgan fingerprint density at radius 2 is 2.03 bits per heavy atom. The molecule has 4 aromatic rings. The number of fused-ring (bicyclic) bond motifs is 5. The van der Waals surface area contributed by atoms with Crippen LogP contribution in [0, 0.1) is 0 Å². The second kappa shape index (κ2) is 5.93. The summed E-state index contributed by atoms with van der Waals surface area (Å²) in [5.74, 6) is -0.959. The average Bonchev–Trinajstić information content (AvgIpc) is 3.38. The Bertz CT molecular complexity index is 1240. The van der Waals surface area contributed by atoms with Gasteiger partial charge < -0.3 is 13.8 Å². The first-order valence-electron chi connectivity index (χ1n) is 8.54. The number of aromatic nitrogens is 6. The normalized spacial score (nSPS) is 12.9. The van der Waals surface area contributed by atoms with Crippen LogP contribution in [0.4, 0.5) is 13.2 Å². The SMILES string of the molecule is COc1ccc2c(c1)-c1nn(C)cc1Cc1c(-c3nc(C(F)(F)F)no3)ncn1-2. The highest BCUT2D eigenvalue weighted by Gasteiger charge is 2.38. The van der Waals surface area contributed by atoms with Gasteiger partial charge in [-0.05, 0) is 18.2 Å². The molecule has 29 heavy (non-hydrogen) atoms. The van der Waals surface area contributed by atoms with Crippen LogP contribution in [0.5, 0.6) is 5.75 Å². The molecule has 1 aromatic carbocycles. The molecule has 1 aliphatic heterocycles. The molecule has 0 fully saturated rings. The predicted octanol–water partition coefficient (Wildman–Crippen LogP) is 3.25. The molecular formula is C18H13F3N6O2. The van der Waals surface area contributed by atoms with Crippen molar-refractivity contribution >= 4 is 0 Å². The molecule has 0 bridgehead atoms. The van der Waals surface area contributed by atoms with E-state index >= 15 is 0 Å². The van der Waals surface area contributed by atoms with Gasteiger partial charge in [0.05, 0.1) is 24.2 Å². The molecule has 0 amide bonds. The van der Waals surface area contributed by atoms with Gasteiger partial charge in [-0.3, -0.25) is 4.68 Å². The molecule has 3 aromatic heterocycles. The van der Waals surface area contributed by atoms with Crippen molar-refractivity contribution in [3.63, 3.8) is 0 Å². The van der Waals surface area contributed by atoms with Gasteiger partial charge in [-0.1, -0.05) is 5.16 Å². The molecule has 148 valence electrons. The Hall–Kier alpha value is -3.63. The van der Waals surface area contributed by atoms with Crippen molar-refractivity contribution in [1.82, 2.24) is 29.5 Å². The maximum absolute atomic E-state index is 12.9. The zero-order chi connectivity index (χ0) is 20.3. The number of ether oxygens (including phenoxy) is 1. The minimum Gasteiger partial charge on any atom is -0.497 e. The number of halogens is 3. The molecule has 0 aliphatic carbocycles. The fourth-order valence-electron chi connectivity index (χ4n) is 3.48. The van der Waals surface area contributed by atoms with Gasteiger partial charge in [0.15, 0.2) is 5.69 Å². The van der Waals surface area contributed by atoms with Crippen LogP contribution in [0.2, 0.25) is 0 Å². The minimum atomic E-state index is -4.70. The molecule has 4 heterocycles. The van der Waals surface area contributed by atoms with E-state index in [1.165, 1.54) is 6.33 Å². The van der Waals surface area contributed by atoms with Crippen molar-refractivity contribution in [3.05, 3.63) is 47.8 Å². The molecule has 1 aliphatic rings. The third-order valence-electron chi connectivity index (χ3n) is 4.73. The summed E-state index contributed by atoms with van der Waals surface area (Å²) in [5, 5.41) is 7.59. The fraction of sp³-hybridized carbons (Fsp3) is 0.222. The van der Waals surface area contributed by atoms with Crippen molar-refractivity contribution in [1.29, 1.82) is 0 Å². The molecule has 0 radical (unpaired) electrons. The summed E-state index contributed by atoms with van der Waals surface area (Å²) >= 11 is 0. The van der Waals surface area contributed by atoms with Crippen LogP contribution in [-0.4, -0.2) is 36.6 Å². The maximum atomic E-state index is 12.9. The van der Waals surface area contributed by atoms with E-state index in [1.54, 1.807) is 29.5 Å². The number of benzene rings is 1. The van der Waals surface area contributed by atoms with Gasteiger partial charge in [-0.15, -0.1) is 0 Å². The summed E-state index contributed by atoms with van der Waals surface area (Å²) in [4.78, 5) is 7.76. The number of hydrogen-bond acceptors (Lipinski definition) is 6.